The normalized spacial score (nSPS) is 12.1. The van der Waals surface area contributed by atoms with E-state index in [1.807, 2.05) is 0 Å². The van der Waals surface area contributed by atoms with E-state index in [1.165, 1.54) is 32.4 Å². The zero-order chi connectivity index (χ0) is 21.1. The summed E-state index contributed by atoms with van der Waals surface area (Å²) in [7, 11) is -1.63. The van der Waals surface area contributed by atoms with Crippen LogP contribution in [0.2, 0.25) is 5.02 Å². The number of benzene rings is 2. The molecule has 0 fully saturated rings. The molecular formula is C17H16ClF3N2O4S. The molecule has 11 heteroatoms. The standard InChI is InChI=1S/C17H16ClF3N2O4S/c1-23(28(25,26)15-9-12(18)5-8-14(15)27-2)10-16(24)22-13-6-3-11(4-7-13)17(19,20)21/h3-9H,10H2,1-2H3,(H,22,24). The Kier molecular flexibility index (Phi) is 6.58. The van der Waals surface area contributed by atoms with E-state index in [2.05, 4.69) is 5.32 Å². The number of anilines is 1. The lowest BCUT2D eigenvalue weighted by Gasteiger charge is -2.19. The quantitative estimate of drug-likeness (QED) is 0.750. The molecule has 0 aliphatic heterocycles. The number of hydrogen-bond donors (Lipinski definition) is 1. The van der Waals surface area contributed by atoms with E-state index in [0.717, 1.165) is 28.6 Å². The third kappa shape index (κ3) is 5.15. The second kappa shape index (κ2) is 8.38. The van der Waals surface area contributed by atoms with E-state index in [4.69, 9.17) is 16.3 Å². The van der Waals surface area contributed by atoms with Gasteiger partial charge in [0.25, 0.3) is 0 Å². The lowest BCUT2D eigenvalue weighted by atomic mass is 10.2. The summed E-state index contributed by atoms with van der Waals surface area (Å²) in [5.41, 5.74) is -0.762. The number of nitrogens with zero attached hydrogens (tertiary/aromatic N) is 1. The van der Waals surface area contributed by atoms with Crippen molar-refractivity contribution in [3.8, 4) is 5.75 Å². The Labute approximate surface area is 164 Å². The third-order valence-electron chi connectivity index (χ3n) is 3.68. The summed E-state index contributed by atoms with van der Waals surface area (Å²) in [5, 5.41) is 2.51. The second-order valence-electron chi connectivity index (χ2n) is 5.68. The zero-order valence-corrected chi connectivity index (χ0v) is 16.3. The molecule has 0 atom stereocenters. The molecule has 2 aromatic rings. The van der Waals surface area contributed by atoms with Crippen LogP contribution in [0.4, 0.5) is 18.9 Å². The van der Waals surface area contributed by atoms with Crippen molar-refractivity contribution in [1.82, 2.24) is 4.31 Å². The van der Waals surface area contributed by atoms with Gasteiger partial charge in [-0.3, -0.25) is 4.79 Å². The number of ether oxygens (including phenoxy) is 1. The number of sulfonamides is 1. The van der Waals surface area contributed by atoms with Gasteiger partial charge in [-0.25, -0.2) is 8.42 Å². The third-order valence-corrected chi connectivity index (χ3v) is 5.74. The average Bonchev–Trinajstić information content (AvgIpc) is 2.61. The molecule has 0 saturated heterocycles. The molecule has 0 heterocycles. The Morgan fingerprint density at radius 1 is 1.18 bits per heavy atom. The van der Waals surface area contributed by atoms with Gasteiger partial charge in [-0.05, 0) is 42.5 Å². The number of nitrogens with one attached hydrogen (secondary N) is 1. The number of hydrogen-bond acceptors (Lipinski definition) is 4. The zero-order valence-electron chi connectivity index (χ0n) is 14.7. The number of carbonyl (C=O) groups excluding carboxylic acids is 1. The van der Waals surface area contributed by atoms with Crippen LogP contribution in [0.3, 0.4) is 0 Å². The molecule has 6 nitrogen and oxygen atoms in total. The summed E-state index contributed by atoms with van der Waals surface area (Å²) in [6.07, 6.45) is -4.49. The van der Waals surface area contributed by atoms with Gasteiger partial charge in [-0.2, -0.15) is 17.5 Å². The lowest BCUT2D eigenvalue weighted by Crippen LogP contribution is -2.35. The van der Waals surface area contributed by atoms with Crippen LogP contribution in [-0.4, -0.2) is 39.3 Å². The first-order valence-electron chi connectivity index (χ1n) is 7.72. The lowest BCUT2D eigenvalue weighted by molar-refractivity contribution is -0.137. The summed E-state index contributed by atoms with van der Waals surface area (Å²) in [6.45, 7) is -0.570. The molecule has 0 radical (unpaired) electrons. The molecule has 1 amide bonds. The Balaban J connectivity index is 2.12. The van der Waals surface area contributed by atoms with Gasteiger partial charge in [0.2, 0.25) is 15.9 Å². The Bertz CT molecular complexity index is 963. The van der Waals surface area contributed by atoms with E-state index in [-0.39, 0.29) is 21.4 Å². The van der Waals surface area contributed by atoms with Gasteiger partial charge in [-0.1, -0.05) is 11.6 Å². The SMILES string of the molecule is COc1ccc(Cl)cc1S(=O)(=O)N(C)CC(=O)Nc1ccc(C(F)(F)F)cc1. The highest BCUT2D eigenvalue weighted by Crippen LogP contribution is 2.30. The van der Waals surface area contributed by atoms with Gasteiger partial charge in [0.15, 0.2) is 0 Å². The first-order chi connectivity index (χ1) is 12.9. The minimum Gasteiger partial charge on any atom is -0.495 e. The Morgan fingerprint density at radius 2 is 1.79 bits per heavy atom. The van der Waals surface area contributed by atoms with Crippen molar-refractivity contribution in [3.05, 3.63) is 53.1 Å². The highest BCUT2D eigenvalue weighted by Gasteiger charge is 2.30. The highest BCUT2D eigenvalue weighted by atomic mass is 35.5. The number of halogens is 4. The maximum Gasteiger partial charge on any atom is 0.416 e. The van der Waals surface area contributed by atoms with Crippen molar-refractivity contribution in [3.63, 3.8) is 0 Å². The monoisotopic (exact) mass is 436 g/mol. The van der Waals surface area contributed by atoms with E-state index >= 15 is 0 Å². The van der Waals surface area contributed by atoms with Gasteiger partial charge in [0.05, 0.1) is 19.2 Å². The molecule has 0 aliphatic carbocycles. The van der Waals surface area contributed by atoms with Crippen molar-refractivity contribution in [2.24, 2.45) is 0 Å². The number of likely N-dealkylation sites (N-methyl/N-ethyl adjacent to an activating group) is 1. The highest BCUT2D eigenvalue weighted by molar-refractivity contribution is 7.89. The number of methoxy groups -OCH3 is 1. The number of alkyl halides is 3. The molecule has 0 bridgehead atoms. The number of carbonyl (C=O) groups is 1. The topological polar surface area (TPSA) is 75.7 Å². The molecule has 152 valence electrons. The van der Waals surface area contributed by atoms with E-state index < -0.39 is 34.2 Å². The predicted octanol–water partition coefficient (Wildman–Crippen LogP) is 3.63. The fraction of sp³-hybridized carbons (Fsp3) is 0.235. The molecule has 28 heavy (non-hydrogen) atoms. The van der Waals surface area contributed by atoms with Crippen LogP contribution < -0.4 is 10.1 Å². The summed E-state index contributed by atoms with van der Waals surface area (Å²) in [6, 6.07) is 7.81. The first kappa shape index (κ1) is 22.0. The molecule has 0 saturated carbocycles. The van der Waals surface area contributed by atoms with Crippen LogP contribution >= 0.6 is 11.6 Å². The molecule has 1 N–H and O–H groups in total. The van der Waals surface area contributed by atoms with Gasteiger partial charge in [-0.15, -0.1) is 0 Å². The second-order valence-corrected chi connectivity index (χ2v) is 8.13. The molecule has 2 aromatic carbocycles. The Hall–Kier alpha value is -2.30. The van der Waals surface area contributed by atoms with Crippen LogP contribution in [-0.2, 0) is 21.0 Å². The fourth-order valence-corrected chi connectivity index (χ4v) is 3.79. The van der Waals surface area contributed by atoms with E-state index in [9.17, 15) is 26.4 Å². The molecule has 0 spiro atoms. The summed E-state index contributed by atoms with van der Waals surface area (Å²) in [4.78, 5) is 11.9. The van der Waals surface area contributed by atoms with Crippen molar-refractivity contribution < 1.29 is 31.1 Å². The average molecular weight is 437 g/mol. The molecular weight excluding hydrogens is 421 g/mol. The summed E-state index contributed by atoms with van der Waals surface area (Å²) < 4.78 is 68.8. The molecule has 0 unspecified atom stereocenters. The molecule has 2 rings (SSSR count). The Morgan fingerprint density at radius 3 is 2.32 bits per heavy atom. The van der Waals surface area contributed by atoms with Crippen LogP contribution in [0, 0.1) is 0 Å². The van der Waals surface area contributed by atoms with Crippen molar-refractivity contribution in [2.75, 3.05) is 26.0 Å². The van der Waals surface area contributed by atoms with Gasteiger partial charge in [0.1, 0.15) is 10.6 Å². The van der Waals surface area contributed by atoms with Gasteiger partial charge >= 0.3 is 6.18 Å². The van der Waals surface area contributed by atoms with Gasteiger partial charge < -0.3 is 10.1 Å². The van der Waals surface area contributed by atoms with Crippen molar-refractivity contribution in [1.29, 1.82) is 0 Å². The number of rotatable bonds is 6. The molecule has 0 aliphatic rings. The number of amides is 1. The first-order valence-corrected chi connectivity index (χ1v) is 9.54. The summed E-state index contributed by atoms with van der Waals surface area (Å²) >= 11 is 5.84. The predicted molar refractivity (Wildman–Crippen MR) is 97.9 cm³/mol. The van der Waals surface area contributed by atoms with Crippen LogP contribution in [0.5, 0.6) is 5.75 Å². The van der Waals surface area contributed by atoms with Crippen LogP contribution in [0.1, 0.15) is 5.56 Å². The smallest absolute Gasteiger partial charge is 0.416 e. The van der Waals surface area contributed by atoms with E-state index in [0.29, 0.717) is 0 Å². The maximum atomic E-state index is 12.7. The van der Waals surface area contributed by atoms with E-state index in [1.54, 1.807) is 0 Å². The van der Waals surface area contributed by atoms with Gasteiger partial charge in [0, 0.05) is 17.8 Å². The minimum atomic E-state index is -4.49. The van der Waals surface area contributed by atoms with Crippen LogP contribution in [0.25, 0.3) is 0 Å². The van der Waals surface area contributed by atoms with Crippen molar-refractivity contribution >= 4 is 33.2 Å². The maximum absolute atomic E-state index is 12.7. The fourth-order valence-electron chi connectivity index (χ4n) is 2.25. The van der Waals surface area contributed by atoms with Crippen LogP contribution in [0.15, 0.2) is 47.4 Å². The summed E-state index contributed by atoms with van der Waals surface area (Å²) in [5.74, 6) is -0.675. The minimum absolute atomic E-state index is 0.0550. The largest absolute Gasteiger partial charge is 0.495 e. The molecule has 0 aromatic heterocycles. The van der Waals surface area contributed by atoms with Crippen molar-refractivity contribution in [2.45, 2.75) is 11.1 Å².